The maximum absolute atomic E-state index is 13.3. The van der Waals surface area contributed by atoms with Crippen LogP contribution in [0.15, 0.2) is 48.5 Å². The lowest BCUT2D eigenvalue weighted by Crippen LogP contribution is -2.46. The second kappa shape index (κ2) is 6.70. The first-order valence-electron chi connectivity index (χ1n) is 10.0. The molecule has 0 aliphatic heterocycles. The molecule has 0 amide bonds. The van der Waals surface area contributed by atoms with Gasteiger partial charge in [-0.1, -0.05) is 45.0 Å². The van der Waals surface area contributed by atoms with Crippen molar-refractivity contribution >= 4 is 0 Å². The van der Waals surface area contributed by atoms with E-state index in [0.29, 0.717) is 11.5 Å². The number of rotatable bonds is 5. The van der Waals surface area contributed by atoms with Crippen molar-refractivity contribution in [2.75, 3.05) is 0 Å². The molecule has 27 heavy (non-hydrogen) atoms. The Labute approximate surface area is 161 Å². The van der Waals surface area contributed by atoms with E-state index in [2.05, 4.69) is 25.7 Å². The van der Waals surface area contributed by atoms with E-state index < -0.39 is 0 Å². The molecule has 2 aromatic carbocycles. The molecule has 0 aromatic heterocycles. The Bertz CT molecular complexity index is 749. The van der Waals surface area contributed by atoms with Crippen molar-refractivity contribution in [3.63, 3.8) is 0 Å². The molecule has 0 spiro atoms. The van der Waals surface area contributed by atoms with Crippen LogP contribution < -0.4 is 0 Å². The Morgan fingerprint density at radius 1 is 0.852 bits per heavy atom. The Balaban J connectivity index is 1.63. The normalized spacial score (nSPS) is 28.8. The summed E-state index contributed by atoms with van der Waals surface area (Å²) in [5.74, 6) is 0.366. The number of halogens is 2. The zero-order valence-electron chi connectivity index (χ0n) is 16.5. The second-order valence-electron chi connectivity index (χ2n) is 9.28. The molecule has 2 fully saturated rings. The molecular formula is C24H29F2N. The summed E-state index contributed by atoms with van der Waals surface area (Å²) in [7, 11) is 0. The van der Waals surface area contributed by atoms with Gasteiger partial charge in [0.15, 0.2) is 0 Å². The van der Waals surface area contributed by atoms with E-state index in [1.54, 1.807) is 0 Å². The van der Waals surface area contributed by atoms with Crippen LogP contribution in [0.3, 0.4) is 0 Å². The summed E-state index contributed by atoms with van der Waals surface area (Å²) >= 11 is 0. The fourth-order valence-electron chi connectivity index (χ4n) is 5.64. The van der Waals surface area contributed by atoms with E-state index in [4.69, 9.17) is 0 Å². The van der Waals surface area contributed by atoms with Crippen LogP contribution >= 0.6 is 0 Å². The average molecular weight is 369 g/mol. The fourth-order valence-corrected chi connectivity index (χ4v) is 5.64. The van der Waals surface area contributed by atoms with Gasteiger partial charge in [0.2, 0.25) is 0 Å². The minimum absolute atomic E-state index is 0.197. The average Bonchev–Trinajstić information content (AvgIpc) is 2.98. The highest BCUT2D eigenvalue weighted by Crippen LogP contribution is 2.66. The van der Waals surface area contributed by atoms with E-state index in [1.807, 2.05) is 24.3 Å². The summed E-state index contributed by atoms with van der Waals surface area (Å²) < 4.78 is 26.7. The standard InChI is InChI=1S/C24H29F2N/c1-23(2)19-12-13-24(23,3)22(14-19)27(15-17-4-8-20(25)9-5-17)16-18-6-10-21(26)11-7-18/h4-11,19,22H,12-16H2,1-3H3. The van der Waals surface area contributed by atoms with Crippen LogP contribution in [-0.4, -0.2) is 10.9 Å². The topological polar surface area (TPSA) is 3.24 Å². The molecule has 2 aliphatic carbocycles. The van der Waals surface area contributed by atoms with Gasteiger partial charge in [-0.15, -0.1) is 0 Å². The molecule has 2 aromatic rings. The Morgan fingerprint density at radius 2 is 1.33 bits per heavy atom. The predicted octanol–water partition coefficient (Wildman–Crippen LogP) is 6.18. The highest BCUT2D eigenvalue weighted by atomic mass is 19.1. The van der Waals surface area contributed by atoms with Gasteiger partial charge in [-0.3, -0.25) is 4.90 Å². The van der Waals surface area contributed by atoms with Gasteiger partial charge in [0, 0.05) is 19.1 Å². The largest absolute Gasteiger partial charge is 0.291 e. The van der Waals surface area contributed by atoms with E-state index in [9.17, 15) is 8.78 Å². The summed E-state index contributed by atoms with van der Waals surface area (Å²) in [5, 5.41) is 0. The minimum atomic E-state index is -0.197. The van der Waals surface area contributed by atoms with Gasteiger partial charge < -0.3 is 0 Å². The van der Waals surface area contributed by atoms with Gasteiger partial charge in [-0.25, -0.2) is 8.78 Å². The molecule has 0 N–H and O–H groups in total. The maximum Gasteiger partial charge on any atom is 0.123 e. The van der Waals surface area contributed by atoms with Crippen molar-refractivity contribution in [1.29, 1.82) is 0 Å². The molecular weight excluding hydrogens is 340 g/mol. The summed E-state index contributed by atoms with van der Waals surface area (Å²) in [4.78, 5) is 2.54. The molecule has 0 radical (unpaired) electrons. The van der Waals surface area contributed by atoms with Crippen LogP contribution in [0.1, 0.15) is 51.2 Å². The van der Waals surface area contributed by atoms with Gasteiger partial charge in [0.05, 0.1) is 0 Å². The zero-order valence-corrected chi connectivity index (χ0v) is 16.5. The molecule has 3 unspecified atom stereocenters. The lowest BCUT2D eigenvalue weighted by atomic mass is 9.68. The van der Waals surface area contributed by atoms with Gasteiger partial charge in [0.1, 0.15) is 11.6 Å². The lowest BCUT2D eigenvalue weighted by Gasteiger charge is -2.45. The van der Waals surface area contributed by atoms with Crippen LogP contribution in [0.2, 0.25) is 0 Å². The second-order valence-corrected chi connectivity index (χ2v) is 9.28. The van der Waals surface area contributed by atoms with Crippen LogP contribution in [0.5, 0.6) is 0 Å². The Hall–Kier alpha value is -1.74. The van der Waals surface area contributed by atoms with Crippen molar-refractivity contribution in [3.05, 3.63) is 71.3 Å². The molecule has 144 valence electrons. The first kappa shape index (κ1) is 18.6. The molecule has 4 rings (SSSR count). The van der Waals surface area contributed by atoms with E-state index >= 15 is 0 Å². The quantitative estimate of drug-likeness (QED) is 0.608. The van der Waals surface area contributed by atoms with Crippen molar-refractivity contribution in [3.8, 4) is 0 Å². The maximum atomic E-state index is 13.3. The smallest absolute Gasteiger partial charge is 0.123 e. The first-order chi connectivity index (χ1) is 12.8. The van der Waals surface area contributed by atoms with Crippen LogP contribution in [0, 0.1) is 28.4 Å². The van der Waals surface area contributed by atoms with E-state index in [0.717, 1.165) is 30.1 Å². The van der Waals surface area contributed by atoms with Gasteiger partial charge in [0.25, 0.3) is 0 Å². The third kappa shape index (κ3) is 3.20. The zero-order chi connectivity index (χ0) is 19.2. The third-order valence-corrected chi connectivity index (χ3v) is 7.79. The number of nitrogens with zero attached hydrogens (tertiary/aromatic N) is 1. The molecule has 2 bridgehead atoms. The molecule has 2 aliphatic rings. The SMILES string of the molecule is CC1(C)C2CCC1(C)C(N(Cc1ccc(F)cc1)Cc1ccc(F)cc1)C2. The highest BCUT2D eigenvalue weighted by Gasteiger charge is 2.62. The third-order valence-electron chi connectivity index (χ3n) is 7.79. The lowest BCUT2D eigenvalue weighted by molar-refractivity contribution is 0.0332. The molecule has 2 saturated carbocycles. The van der Waals surface area contributed by atoms with E-state index in [-0.39, 0.29) is 17.0 Å². The number of fused-ring (bicyclic) bond motifs is 2. The van der Waals surface area contributed by atoms with Crippen molar-refractivity contribution in [2.24, 2.45) is 16.7 Å². The monoisotopic (exact) mass is 369 g/mol. The summed E-state index contributed by atoms with van der Waals surface area (Å²) in [6.45, 7) is 8.89. The van der Waals surface area contributed by atoms with Crippen LogP contribution in [0.4, 0.5) is 8.78 Å². The highest BCUT2D eigenvalue weighted by molar-refractivity contribution is 5.21. The van der Waals surface area contributed by atoms with Crippen molar-refractivity contribution in [2.45, 2.75) is 59.2 Å². The van der Waals surface area contributed by atoms with E-state index in [1.165, 1.54) is 43.5 Å². The van der Waals surface area contributed by atoms with Crippen LogP contribution in [-0.2, 0) is 13.1 Å². The molecule has 3 atom stereocenters. The predicted molar refractivity (Wildman–Crippen MR) is 105 cm³/mol. The summed E-state index contributed by atoms with van der Waals surface area (Å²) in [6, 6.07) is 14.2. The number of benzene rings is 2. The summed E-state index contributed by atoms with van der Waals surface area (Å²) in [5.41, 5.74) is 2.87. The first-order valence-corrected chi connectivity index (χ1v) is 10.0. The molecule has 1 nitrogen and oxygen atoms in total. The molecule has 0 saturated heterocycles. The fraction of sp³-hybridized carbons (Fsp3) is 0.500. The Kier molecular flexibility index (Phi) is 4.62. The van der Waals surface area contributed by atoms with Gasteiger partial charge in [-0.2, -0.15) is 0 Å². The Morgan fingerprint density at radius 3 is 1.70 bits per heavy atom. The molecule has 3 heteroatoms. The number of hydrogen-bond acceptors (Lipinski definition) is 1. The van der Waals surface area contributed by atoms with Crippen molar-refractivity contribution in [1.82, 2.24) is 4.90 Å². The van der Waals surface area contributed by atoms with Gasteiger partial charge >= 0.3 is 0 Å². The van der Waals surface area contributed by atoms with Crippen LogP contribution in [0.25, 0.3) is 0 Å². The number of hydrogen-bond donors (Lipinski definition) is 0. The van der Waals surface area contributed by atoms with Gasteiger partial charge in [-0.05, 0) is 71.4 Å². The van der Waals surface area contributed by atoms with Crippen molar-refractivity contribution < 1.29 is 8.78 Å². The summed E-state index contributed by atoms with van der Waals surface area (Å²) in [6.07, 6.45) is 3.80. The molecule has 0 heterocycles. The minimum Gasteiger partial charge on any atom is -0.291 e.